The van der Waals surface area contributed by atoms with E-state index in [9.17, 15) is 21.6 Å². The molecule has 8 rings (SSSR count). The number of aromatic nitrogens is 1. The van der Waals surface area contributed by atoms with E-state index in [-0.39, 0.29) is 30.1 Å². The molecule has 3 aliphatic heterocycles. The summed E-state index contributed by atoms with van der Waals surface area (Å²) >= 11 is 0. The van der Waals surface area contributed by atoms with Crippen LogP contribution in [-0.2, 0) is 26.8 Å². The Morgan fingerprint density at radius 2 is 1.63 bits per heavy atom. The predicted octanol–water partition coefficient (Wildman–Crippen LogP) is 5.10. The number of hydrogen-bond donors (Lipinski definition) is 1. The van der Waals surface area contributed by atoms with E-state index in [0.29, 0.717) is 18.1 Å². The molecule has 1 amide bonds. The fourth-order valence-corrected chi connectivity index (χ4v) is 12.5. The van der Waals surface area contributed by atoms with Gasteiger partial charge in [-0.1, -0.05) is 25.3 Å². The lowest BCUT2D eigenvalue weighted by atomic mass is 9.81. The van der Waals surface area contributed by atoms with Crippen molar-refractivity contribution >= 4 is 37.0 Å². The van der Waals surface area contributed by atoms with Crippen molar-refractivity contribution in [2.45, 2.75) is 99.4 Å². The molecule has 2 aliphatic carbocycles. The molecule has 4 heterocycles. The van der Waals surface area contributed by atoms with E-state index in [1.807, 2.05) is 22.5 Å². The normalized spacial score (nSPS) is 27.7. The van der Waals surface area contributed by atoms with Crippen molar-refractivity contribution in [3.8, 4) is 17.0 Å². The summed E-state index contributed by atoms with van der Waals surface area (Å²) in [5.41, 5.74) is 5.28. The number of sulfonamides is 1. The van der Waals surface area contributed by atoms with Crippen LogP contribution in [0.1, 0.15) is 97.5 Å². The lowest BCUT2D eigenvalue weighted by Gasteiger charge is -2.29. The van der Waals surface area contributed by atoms with E-state index >= 15 is 0 Å². The smallest absolute Gasteiger partial charge is 0.303 e. The second kappa shape index (κ2) is 10.5. The zero-order valence-electron chi connectivity index (χ0n) is 26.7. The Kier molecular flexibility index (Phi) is 6.96. The minimum Gasteiger partial charge on any atom is -0.497 e. The first-order valence-electron chi connectivity index (χ1n) is 16.6. The summed E-state index contributed by atoms with van der Waals surface area (Å²) in [5, 5.41) is 1.00. The molecule has 0 spiro atoms. The van der Waals surface area contributed by atoms with E-state index in [4.69, 9.17) is 4.74 Å². The van der Waals surface area contributed by atoms with Gasteiger partial charge in [-0.25, -0.2) is 13.1 Å². The molecule has 3 aromatic rings. The summed E-state index contributed by atoms with van der Waals surface area (Å²) in [6.07, 6.45) is 9.78. The first kappa shape index (κ1) is 30.4. The minimum atomic E-state index is -4.00. The standard InChI is InChI=1S/C34H42N4O6S2/c1-36(2)46(42,43)35-33(39)22-9-15-27-30(17-22)37-20-34(45(40,41)38-23-10-11-24(38)13-12-23)19-29(34)28-18-25(44-3)14-16-26(28)32(37)31(27)21-7-5-4-6-8-21/h9,14-18,21,23-24,29H,4-8,10-13,19-20H2,1-3H3,(H,35,39). The van der Waals surface area contributed by atoms with Crippen LogP contribution < -0.4 is 9.46 Å². The van der Waals surface area contributed by atoms with Gasteiger partial charge in [-0.05, 0) is 92.3 Å². The average molecular weight is 667 g/mol. The molecule has 2 bridgehead atoms. The zero-order chi connectivity index (χ0) is 32.2. The second-order valence-electron chi connectivity index (χ2n) is 14.2. The summed E-state index contributed by atoms with van der Waals surface area (Å²) in [6, 6.07) is 11.6. The minimum absolute atomic E-state index is 0.0753. The molecule has 1 N–H and O–H groups in total. The van der Waals surface area contributed by atoms with Crippen LogP contribution in [0.15, 0.2) is 36.4 Å². The molecular weight excluding hydrogens is 625 g/mol. The van der Waals surface area contributed by atoms with Crippen molar-refractivity contribution in [2.24, 2.45) is 0 Å². The maximum atomic E-state index is 14.9. The molecule has 0 radical (unpaired) electrons. The highest BCUT2D eigenvalue weighted by Crippen LogP contribution is 2.65. The molecule has 4 fully saturated rings. The molecule has 2 saturated carbocycles. The van der Waals surface area contributed by atoms with Crippen LogP contribution in [0.2, 0.25) is 0 Å². The molecule has 10 nitrogen and oxygen atoms in total. The maximum absolute atomic E-state index is 14.9. The highest BCUT2D eigenvalue weighted by atomic mass is 32.2. The lowest BCUT2D eigenvalue weighted by molar-refractivity contribution is 0.0979. The van der Waals surface area contributed by atoms with E-state index in [2.05, 4.69) is 15.4 Å². The number of nitrogens with one attached hydrogen (secondary N) is 1. The molecule has 5 aliphatic rings. The number of ether oxygens (including phenoxy) is 1. The molecule has 2 unspecified atom stereocenters. The van der Waals surface area contributed by atoms with Crippen molar-refractivity contribution in [3.05, 3.63) is 53.1 Å². The molecule has 2 saturated heterocycles. The van der Waals surface area contributed by atoms with Gasteiger partial charge in [0, 0.05) is 60.7 Å². The molecular formula is C34H42N4O6S2. The summed E-state index contributed by atoms with van der Waals surface area (Å²) in [7, 11) is -3.30. The Morgan fingerprint density at radius 1 is 0.935 bits per heavy atom. The predicted molar refractivity (Wildman–Crippen MR) is 177 cm³/mol. The Hall–Kier alpha value is -2.93. The average Bonchev–Trinajstić information content (AvgIpc) is 3.30. The summed E-state index contributed by atoms with van der Waals surface area (Å²) < 4.78 is 66.8. The number of rotatable bonds is 7. The Morgan fingerprint density at radius 3 is 2.28 bits per heavy atom. The molecule has 246 valence electrons. The topological polar surface area (TPSA) is 118 Å². The van der Waals surface area contributed by atoms with Gasteiger partial charge in [-0.15, -0.1) is 0 Å². The Balaban J connectivity index is 1.36. The van der Waals surface area contributed by atoms with Crippen molar-refractivity contribution in [1.82, 2.24) is 17.9 Å². The number of hydrogen-bond acceptors (Lipinski definition) is 6. The van der Waals surface area contributed by atoms with Gasteiger partial charge in [-0.3, -0.25) is 4.79 Å². The van der Waals surface area contributed by atoms with Gasteiger partial charge in [0.05, 0.1) is 12.8 Å². The fourth-order valence-electron chi connectivity index (χ4n) is 9.17. The number of amides is 1. The van der Waals surface area contributed by atoms with E-state index in [1.165, 1.54) is 26.1 Å². The van der Waals surface area contributed by atoms with E-state index in [1.54, 1.807) is 19.2 Å². The third-order valence-corrected chi connectivity index (χ3v) is 15.8. The first-order valence-corrected chi connectivity index (χ1v) is 19.5. The molecule has 2 aromatic carbocycles. The van der Waals surface area contributed by atoms with Crippen LogP contribution in [0.4, 0.5) is 0 Å². The van der Waals surface area contributed by atoms with Crippen molar-refractivity contribution in [1.29, 1.82) is 0 Å². The monoisotopic (exact) mass is 666 g/mol. The van der Waals surface area contributed by atoms with Gasteiger partial charge in [0.15, 0.2) is 0 Å². The van der Waals surface area contributed by atoms with Crippen LogP contribution in [0.3, 0.4) is 0 Å². The van der Waals surface area contributed by atoms with E-state index in [0.717, 1.165) is 83.4 Å². The quantitative estimate of drug-likeness (QED) is 0.375. The van der Waals surface area contributed by atoms with E-state index < -0.39 is 30.9 Å². The van der Waals surface area contributed by atoms with Gasteiger partial charge in [0.1, 0.15) is 10.5 Å². The van der Waals surface area contributed by atoms with Gasteiger partial charge in [0.2, 0.25) is 10.0 Å². The highest BCUT2D eigenvalue weighted by molar-refractivity contribution is 7.91. The Labute approximate surface area is 271 Å². The third-order valence-electron chi connectivity index (χ3n) is 11.6. The van der Waals surface area contributed by atoms with Gasteiger partial charge in [0.25, 0.3) is 5.91 Å². The van der Waals surface area contributed by atoms with Gasteiger partial charge >= 0.3 is 10.2 Å². The molecule has 2 atom stereocenters. The van der Waals surface area contributed by atoms with Crippen molar-refractivity contribution in [3.63, 3.8) is 0 Å². The summed E-state index contributed by atoms with van der Waals surface area (Å²) in [4.78, 5) is 13.3. The molecule has 1 aromatic heterocycles. The fraction of sp³-hybridized carbons (Fsp3) is 0.559. The SMILES string of the molecule is COc1ccc2c(c1)C1CC1(S(=O)(=O)N1C3CCC1CC3)Cn1c-2c(C2CCCCC2)c2ccc(C(=O)NS(=O)(=O)N(C)C)cc21. The van der Waals surface area contributed by atoms with Crippen molar-refractivity contribution < 1.29 is 26.4 Å². The van der Waals surface area contributed by atoms with Crippen LogP contribution in [-0.4, -0.2) is 74.0 Å². The van der Waals surface area contributed by atoms with Crippen molar-refractivity contribution in [2.75, 3.05) is 21.2 Å². The van der Waals surface area contributed by atoms with Crippen LogP contribution in [0.5, 0.6) is 5.75 Å². The van der Waals surface area contributed by atoms with Gasteiger partial charge < -0.3 is 9.30 Å². The summed E-state index contributed by atoms with van der Waals surface area (Å²) in [6.45, 7) is 0.284. The summed E-state index contributed by atoms with van der Waals surface area (Å²) in [5.74, 6) is 0.119. The van der Waals surface area contributed by atoms with Crippen LogP contribution in [0.25, 0.3) is 22.2 Å². The number of carbonyl (C=O) groups excluding carboxylic acids is 1. The lowest BCUT2D eigenvalue weighted by Crippen LogP contribution is -2.45. The third kappa shape index (κ3) is 4.35. The van der Waals surface area contributed by atoms with Crippen LogP contribution in [0, 0.1) is 0 Å². The Bertz CT molecular complexity index is 1960. The first-order chi connectivity index (χ1) is 22.0. The highest BCUT2D eigenvalue weighted by Gasteiger charge is 2.69. The number of methoxy groups -OCH3 is 1. The van der Waals surface area contributed by atoms with Gasteiger partial charge in [-0.2, -0.15) is 17.0 Å². The second-order valence-corrected chi connectivity index (χ2v) is 18.3. The largest absolute Gasteiger partial charge is 0.497 e. The maximum Gasteiger partial charge on any atom is 0.303 e. The number of carbonyl (C=O) groups is 1. The number of fused-ring (bicyclic) bond motifs is 9. The molecule has 12 heteroatoms. The number of nitrogens with zero attached hydrogens (tertiary/aromatic N) is 3. The molecule has 46 heavy (non-hydrogen) atoms. The van der Waals surface area contributed by atoms with Crippen LogP contribution >= 0.6 is 0 Å². The zero-order valence-corrected chi connectivity index (χ0v) is 28.3. The number of benzene rings is 2.